The topological polar surface area (TPSA) is 56.8 Å². The largest absolute Gasteiger partial charge is 0.493 e. The summed E-state index contributed by atoms with van der Waals surface area (Å²) in [4.78, 5) is 12.8. The van der Waals surface area contributed by atoms with Crippen LogP contribution in [0.2, 0.25) is 0 Å². The van der Waals surface area contributed by atoms with Crippen molar-refractivity contribution in [2.24, 2.45) is 0 Å². The number of carbonyl (C=O) groups is 1. The van der Waals surface area contributed by atoms with E-state index in [0.29, 0.717) is 42.6 Å². The second-order valence-corrected chi connectivity index (χ2v) is 7.60. The van der Waals surface area contributed by atoms with Crippen LogP contribution in [0.25, 0.3) is 0 Å². The van der Waals surface area contributed by atoms with E-state index in [0.717, 1.165) is 12.2 Å². The fourth-order valence-electron chi connectivity index (χ4n) is 3.36. The number of hydrogen-bond donors (Lipinski definition) is 1. The Morgan fingerprint density at radius 1 is 0.588 bits per heavy atom. The van der Waals surface area contributed by atoms with Crippen LogP contribution in [-0.2, 0) is 6.42 Å². The average Bonchev–Trinajstić information content (AvgIpc) is 2.88. The Labute approximate surface area is 199 Å². The third kappa shape index (κ3) is 7.14. The molecule has 172 valence electrons. The summed E-state index contributed by atoms with van der Waals surface area (Å²) in [6.45, 7) is 1.36. The Morgan fingerprint density at radius 3 is 1.94 bits per heavy atom. The Hall–Kier alpha value is -4.25. The molecule has 0 saturated heterocycles. The summed E-state index contributed by atoms with van der Waals surface area (Å²) < 4.78 is 17.2. The Balaban J connectivity index is 1.26. The van der Waals surface area contributed by atoms with E-state index in [4.69, 9.17) is 14.2 Å². The van der Waals surface area contributed by atoms with Crippen LogP contribution in [0.5, 0.6) is 17.2 Å². The Bertz CT molecular complexity index is 1180. The highest BCUT2D eigenvalue weighted by Crippen LogP contribution is 2.20. The van der Waals surface area contributed by atoms with Crippen molar-refractivity contribution in [1.29, 1.82) is 0 Å². The lowest BCUT2D eigenvalue weighted by Gasteiger charge is -2.11. The van der Waals surface area contributed by atoms with Gasteiger partial charge in [-0.2, -0.15) is 0 Å². The van der Waals surface area contributed by atoms with Crippen molar-refractivity contribution in [2.45, 2.75) is 6.42 Å². The molecule has 0 spiro atoms. The van der Waals surface area contributed by atoms with Gasteiger partial charge in [0.15, 0.2) is 0 Å². The van der Waals surface area contributed by atoms with E-state index in [-0.39, 0.29) is 5.91 Å². The highest BCUT2D eigenvalue weighted by atomic mass is 16.5. The fourth-order valence-corrected chi connectivity index (χ4v) is 3.36. The Kier molecular flexibility index (Phi) is 8.17. The lowest BCUT2D eigenvalue weighted by atomic mass is 10.2. The molecule has 4 aromatic carbocycles. The quantitative estimate of drug-likeness (QED) is 0.282. The second-order valence-electron chi connectivity index (χ2n) is 7.60. The van der Waals surface area contributed by atoms with E-state index < -0.39 is 0 Å². The third-order valence-electron chi connectivity index (χ3n) is 5.05. The van der Waals surface area contributed by atoms with Gasteiger partial charge >= 0.3 is 0 Å². The first-order chi connectivity index (χ1) is 16.8. The number of para-hydroxylation sites is 1. The first kappa shape index (κ1) is 22.9. The van der Waals surface area contributed by atoms with Crippen LogP contribution in [0.15, 0.2) is 109 Å². The molecule has 1 N–H and O–H groups in total. The van der Waals surface area contributed by atoms with Gasteiger partial charge in [-0.05, 0) is 48.0 Å². The molecule has 5 nitrogen and oxygen atoms in total. The summed E-state index contributed by atoms with van der Waals surface area (Å²) in [5.74, 6) is 1.91. The highest BCUT2D eigenvalue weighted by Gasteiger charge is 2.08. The standard InChI is InChI=1S/C29H27NO4/c31-29(24-11-7-15-27(21-24)34-20-19-33-26-13-5-2-6-14-26)30-25-12-8-16-28(22-25)32-18-17-23-9-3-1-4-10-23/h1-16,21-22H,17-20H2,(H,30,31). The van der Waals surface area contributed by atoms with Crippen molar-refractivity contribution >= 4 is 11.6 Å². The van der Waals surface area contributed by atoms with Crippen LogP contribution in [0.4, 0.5) is 5.69 Å². The normalized spacial score (nSPS) is 10.4. The van der Waals surface area contributed by atoms with Crippen LogP contribution in [0, 0.1) is 0 Å². The van der Waals surface area contributed by atoms with Crippen molar-refractivity contribution < 1.29 is 19.0 Å². The molecular weight excluding hydrogens is 426 g/mol. The molecule has 34 heavy (non-hydrogen) atoms. The Morgan fingerprint density at radius 2 is 1.18 bits per heavy atom. The lowest BCUT2D eigenvalue weighted by molar-refractivity contribution is 0.102. The van der Waals surface area contributed by atoms with E-state index in [1.165, 1.54) is 5.56 Å². The zero-order chi connectivity index (χ0) is 23.4. The monoisotopic (exact) mass is 453 g/mol. The maximum absolute atomic E-state index is 12.8. The molecule has 0 radical (unpaired) electrons. The molecule has 0 heterocycles. The average molecular weight is 454 g/mol. The second kappa shape index (κ2) is 12.1. The van der Waals surface area contributed by atoms with E-state index in [1.54, 1.807) is 18.2 Å². The molecule has 4 aromatic rings. The van der Waals surface area contributed by atoms with Crippen LogP contribution in [0.3, 0.4) is 0 Å². The van der Waals surface area contributed by atoms with Crippen molar-refractivity contribution in [3.8, 4) is 17.2 Å². The van der Waals surface area contributed by atoms with Gasteiger partial charge in [0.2, 0.25) is 0 Å². The highest BCUT2D eigenvalue weighted by molar-refractivity contribution is 6.04. The van der Waals surface area contributed by atoms with E-state index in [9.17, 15) is 4.79 Å². The van der Waals surface area contributed by atoms with Crippen molar-refractivity contribution in [1.82, 2.24) is 0 Å². The van der Waals surface area contributed by atoms with Gasteiger partial charge in [0, 0.05) is 23.7 Å². The van der Waals surface area contributed by atoms with Crippen molar-refractivity contribution in [3.05, 3.63) is 120 Å². The zero-order valence-electron chi connectivity index (χ0n) is 18.9. The zero-order valence-corrected chi connectivity index (χ0v) is 18.9. The molecule has 0 atom stereocenters. The number of nitrogens with one attached hydrogen (secondary N) is 1. The first-order valence-corrected chi connectivity index (χ1v) is 11.3. The number of rotatable bonds is 11. The molecule has 4 rings (SSSR count). The molecule has 0 aromatic heterocycles. The van der Waals surface area contributed by atoms with Gasteiger partial charge in [-0.1, -0.05) is 60.7 Å². The molecular formula is C29H27NO4. The van der Waals surface area contributed by atoms with Crippen molar-refractivity contribution in [3.63, 3.8) is 0 Å². The minimum Gasteiger partial charge on any atom is -0.493 e. The SMILES string of the molecule is O=C(Nc1cccc(OCCc2ccccc2)c1)c1cccc(OCCOc2ccccc2)c1. The van der Waals surface area contributed by atoms with Gasteiger partial charge in [0.1, 0.15) is 30.5 Å². The predicted octanol–water partition coefficient (Wildman–Crippen LogP) is 6.02. The summed E-state index contributed by atoms with van der Waals surface area (Å²) in [6.07, 6.45) is 0.820. The summed E-state index contributed by atoms with van der Waals surface area (Å²) in [5, 5.41) is 2.92. The smallest absolute Gasteiger partial charge is 0.255 e. The first-order valence-electron chi connectivity index (χ1n) is 11.3. The fraction of sp³-hybridized carbons (Fsp3) is 0.138. The van der Waals surface area contributed by atoms with Crippen LogP contribution < -0.4 is 19.5 Å². The minimum atomic E-state index is -0.215. The van der Waals surface area contributed by atoms with Gasteiger partial charge < -0.3 is 19.5 Å². The molecule has 0 fully saturated rings. The number of carbonyl (C=O) groups excluding carboxylic acids is 1. The van der Waals surface area contributed by atoms with E-state index in [1.807, 2.05) is 78.9 Å². The lowest BCUT2D eigenvalue weighted by Crippen LogP contribution is -2.13. The summed E-state index contributed by atoms with van der Waals surface area (Å²) >= 11 is 0. The van der Waals surface area contributed by atoms with Crippen LogP contribution in [-0.4, -0.2) is 25.7 Å². The molecule has 0 aliphatic rings. The molecule has 0 saturated carbocycles. The van der Waals surface area contributed by atoms with Gasteiger partial charge in [0.25, 0.3) is 5.91 Å². The third-order valence-corrected chi connectivity index (χ3v) is 5.05. The predicted molar refractivity (Wildman–Crippen MR) is 134 cm³/mol. The van der Waals surface area contributed by atoms with Crippen molar-refractivity contribution in [2.75, 3.05) is 25.1 Å². The maximum atomic E-state index is 12.8. The summed E-state index contributed by atoms with van der Waals surface area (Å²) in [5.41, 5.74) is 2.40. The molecule has 0 aliphatic carbocycles. The molecule has 0 aliphatic heterocycles. The maximum Gasteiger partial charge on any atom is 0.255 e. The van der Waals surface area contributed by atoms with E-state index in [2.05, 4.69) is 17.4 Å². The van der Waals surface area contributed by atoms with E-state index >= 15 is 0 Å². The van der Waals surface area contributed by atoms with Gasteiger partial charge in [-0.25, -0.2) is 0 Å². The molecule has 5 heteroatoms. The van der Waals surface area contributed by atoms with Gasteiger partial charge in [-0.3, -0.25) is 4.79 Å². The number of hydrogen-bond acceptors (Lipinski definition) is 4. The summed E-state index contributed by atoms with van der Waals surface area (Å²) in [7, 11) is 0. The number of ether oxygens (including phenoxy) is 3. The molecule has 0 bridgehead atoms. The molecule has 0 unspecified atom stereocenters. The minimum absolute atomic E-state index is 0.215. The molecule has 1 amide bonds. The van der Waals surface area contributed by atoms with Gasteiger partial charge in [0.05, 0.1) is 6.61 Å². The van der Waals surface area contributed by atoms with Crippen LogP contribution in [0.1, 0.15) is 15.9 Å². The summed E-state index contributed by atoms with van der Waals surface area (Å²) in [6, 6.07) is 34.3. The van der Waals surface area contributed by atoms with Gasteiger partial charge in [-0.15, -0.1) is 0 Å². The number of benzene rings is 4. The number of amides is 1. The number of anilines is 1. The van der Waals surface area contributed by atoms with Crippen LogP contribution >= 0.6 is 0 Å².